The monoisotopic (exact) mass is 247 g/mol. The number of nitrogen functional groups attached to an aromatic ring is 1. The summed E-state index contributed by atoms with van der Waals surface area (Å²) in [7, 11) is 0. The lowest BCUT2D eigenvalue weighted by Crippen LogP contribution is -2.07. The first-order valence-electron chi connectivity index (χ1n) is 5.31. The van der Waals surface area contributed by atoms with Crippen molar-refractivity contribution in [2.45, 2.75) is 13.8 Å². The van der Waals surface area contributed by atoms with Gasteiger partial charge in [0.25, 0.3) is 0 Å². The van der Waals surface area contributed by atoms with E-state index < -0.39 is 11.6 Å². The molecule has 0 amide bonds. The van der Waals surface area contributed by atoms with Gasteiger partial charge in [-0.1, -0.05) is 6.07 Å². The van der Waals surface area contributed by atoms with Crippen LogP contribution in [0.15, 0.2) is 18.2 Å². The Kier molecular flexibility index (Phi) is 2.79. The normalized spacial score (nSPS) is 10.4. The largest absolute Gasteiger partial charge is 0.384 e. The number of rotatable bonds is 1. The second-order valence-corrected chi connectivity index (χ2v) is 3.99. The highest BCUT2D eigenvalue weighted by molar-refractivity contribution is 5.62. The van der Waals surface area contributed by atoms with E-state index in [1.165, 1.54) is 10.6 Å². The molecule has 1 aromatic carbocycles. The van der Waals surface area contributed by atoms with Crippen molar-refractivity contribution in [3.8, 4) is 11.8 Å². The van der Waals surface area contributed by atoms with Gasteiger partial charge in [0.15, 0.2) is 0 Å². The molecule has 0 bridgehead atoms. The molecular formula is C13H11F2N3. The molecule has 0 spiro atoms. The maximum absolute atomic E-state index is 13.7. The summed E-state index contributed by atoms with van der Waals surface area (Å²) >= 11 is 0. The Morgan fingerprint density at radius 3 is 2.22 bits per heavy atom. The first-order valence-corrected chi connectivity index (χ1v) is 5.31. The van der Waals surface area contributed by atoms with Gasteiger partial charge in [-0.25, -0.2) is 8.78 Å². The molecule has 0 atom stereocenters. The number of benzene rings is 1. The summed E-state index contributed by atoms with van der Waals surface area (Å²) in [6, 6.07) is 5.52. The Bertz CT molecular complexity index is 646. The number of nitrogens with zero attached hydrogens (tertiary/aromatic N) is 2. The Labute approximate surface area is 103 Å². The number of anilines is 1. The number of para-hydroxylation sites is 1. The third-order valence-corrected chi connectivity index (χ3v) is 3.02. The van der Waals surface area contributed by atoms with Gasteiger partial charge in [-0.05, 0) is 31.5 Å². The standard InChI is InChI=1S/C13H11F2N3/c1-7-8(2)18(13(17)9(7)6-16)12-10(14)4-3-5-11(12)15/h3-5H,17H2,1-2H3. The minimum Gasteiger partial charge on any atom is -0.384 e. The zero-order chi connectivity index (χ0) is 13.4. The molecule has 5 heteroatoms. The first kappa shape index (κ1) is 12.1. The minimum atomic E-state index is -0.718. The van der Waals surface area contributed by atoms with Gasteiger partial charge < -0.3 is 5.73 Å². The van der Waals surface area contributed by atoms with E-state index in [-0.39, 0.29) is 17.1 Å². The van der Waals surface area contributed by atoms with Crippen molar-refractivity contribution in [2.24, 2.45) is 0 Å². The molecule has 0 saturated heterocycles. The zero-order valence-corrected chi connectivity index (χ0v) is 9.96. The molecule has 2 rings (SSSR count). The van der Waals surface area contributed by atoms with Gasteiger partial charge in [0.05, 0.1) is 5.56 Å². The molecule has 18 heavy (non-hydrogen) atoms. The predicted molar refractivity (Wildman–Crippen MR) is 64.3 cm³/mol. The van der Waals surface area contributed by atoms with Crippen molar-refractivity contribution in [1.29, 1.82) is 5.26 Å². The summed E-state index contributed by atoms with van der Waals surface area (Å²) in [5.41, 5.74) is 6.96. The van der Waals surface area contributed by atoms with Gasteiger partial charge in [0, 0.05) is 5.69 Å². The van der Waals surface area contributed by atoms with Gasteiger partial charge in [-0.3, -0.25) is 4.57 Å². The Hall–Kier alpha value is -2.35. The lowest BCUT2D eigenvalue weighted by atomic mass is 10.2. The zero-order valence-electron chi connectivity index (χ0n) is 9.96. The molecule has 0 unspecified atom stereocenters. The van der Waals surface area contributed by atoms with Crippen LogP contribution in [0.3, 0.4) is 0 Å². The van der Waals surface area contributed by atoms with Crippen LogP contribution < -0.4 is 5.73 Å². The summed E-state index contributed by atoms with van der Waals surface area (Å²) in [5.74, 6) is -1.38. The summed E-state index contributed by atoms with van der Waals surface area (Å²) in [4.78, 5) is 0. The van der Waals surface area contributed by atoms with Crippen molar-refractivity contribution in [2.75, 3.05) is 5.73 Å². The van der Waals surface area contributed by atoms with Crippen molar-refractivity contribution >= 4 is 5.82 Å². The minimum absolute atomic E-state index is 0.0523. The highest BCUT2D eigenvalue weighted by Crippen LogP contribution is 2.29. The van der Waals surface area contributed by atoms with E-state index in [9.17, 15) is 8.78 Å². The smallest absolute Gasteiger partial charge is 0.150 e. The SMILES string of the molecule is Cc1c(C#N)c(N)n(-c2c(F)cccc2F)c1C. The Morgan fingerprint density at radius 1 is 1.22 bits per heavy atom. The van der Waals surface area contributed by atoms with Crippen LogP contribution in [0.2, 0.25) is 0 Å². The van der Waals surface area contributed by atoms with Gasteiger partial charge >= 0.3 is 0 Å². The number of hydrogen-bond donors (Lipinski definition) is 1. The third kappa shape index (κ3) is 1.54. The molecule has 2 N–H and O–H groups in total. The van der Waals surface area contributed by atoms with Crippen molar-refractivity contribution in [1.82, 2.24) is 4.57 Å². The lowest BCUT2D eigenvalue weighted by molar-refractivity contribution is 0.568. The number of nitriles is 1. The molecule has 1 heterocycles. The topological polar surface area (TPSA) is 54.7 Å². The maximum Gasteiger partial charge on any atom is 0.150 e. The van der Waals surface area contributed by atoms with Gasteiger partial charge in [-0.15, -0.1) is 0 Å². The number of aromatic nitrogens is 1. The number of hydrogen-bond acceptors (Lipinski definition) is 2. The molecule has 92 valence electrons. The second-order valence-electron chi connectivity index (χ2n) is 3.99. The van der Waals surface area contributed by atoms with Crippen molar-refractivity contribution in [3.63, 3.8) is 0 Å². The molecule has 0 aliphatic heterocycles. The number of nitrogens with two attached hydrogens (primary N) is 1. The lowest BCUT2D eigenvalue weighted by Gasteiger charge is -2.11. The summed E-state index contributed by atoms with van der Waals surface area (Å²) in [5, 5.41) is 8.99. The quantitative estimate of drug-likeness (QED) is 0.842. The molecule has 2 aromatic rings. The van der Waals surface area contributed by atoms with E-state index >= 15 is 0 Å². The highest BCUT2D eigenvalue weighted by Gasteiger charge is 2.20. The van der Waals surface area contributed by atoms with Gasteiger partial charge in [0.1, 0.15) is 29.2 Å². The molecule has 0 aliphatic rings. The van der Waals surface area contributed by atoms with Crippen LogP contribution in [0.1, 0.15) is 16.8 Å². The summed E-state index contributed by atoms with van der Waals surface area (Å²) in [6.07, 6.45) is 0. The van der Waals surface area contributed by atoms with Gasteiger partial charge in [-0.2, -0.15) is 5.26 Å². The second kappa shape index (κ2) is 4.15. The fourth-order valence-corrected chi connectivity index (χ4v) is 1.97. The van der Waals surface area contributed by atoms with E-state index in [1.54, 1.807) is 13.8 Å². The summed E-state index contributed by atoms with van der Waals surface area (Å²) in [6.45, 7) is 3.36. The fraction of sp³-hybridized carbons (Fsp3) is 0.154. The van der Waals surface area contributed by atoms with Crippen LogP contribution in [-0.4, -0.2) is 4.57 Å². The van der Waals surface area contributed by atoms with E-state index in [2.05, 4.69) is 0 Å². The van der Waals surface area contributed by atoms with Gasteiger partial charge in [0.2, 0.25) is 0 Å². The van der Waals surface area contributed by atoms with Crippen LogP contribution in [0.25, 0.3) is 5.69 Å². The molecule has 0 aliphatic carbocycles. The molecule has 0 saturated carbocycles. The Balaban J connectivity index is 2.86. The number of halogens is 2. The molecule has 1 aromatic heterocycles. The average molecular weight is 247 g/mol. The van der Waals surface area contributed by atoms with Crippen LogP contribution in [0.4, 0.5) is 14.6 Å². The highest BCUT2D eigenvalue weighted by atomic mass is 19.1. The molecule has 3 nitrogen and oxygen atoms in total. The van der Waals surface area contributed by atoms with E-state index in [0.29, 0.717) is 11.3 Å². The third-order valence-electron chi connectivity index (χ3n) is 3.02. The van der Waals surface area contributed by atoms with Crippen LogP contribution in [0.5, 0.6) is 0 Å². The predicted octanol–water partition coefficient (Wildman–Crippen LogP) is 2.83. The molecule has 0 radical (unpaired) electrons. The van der Waals surface area contributed by atoms with Crippen LogP contribution in [-0.2, 0) is 0 Å². The summed E-state index contributed by atoms with van der Waals surface area (Å²) < 4.78 is 28.7. The average Bonchev–Trinajstić information content (AvgIpc) is 2.53. The first-order chi connectivity index (χ1) is 8.49. The maximum atomic E-state index is 13.7. The molecule has 0 fully saturated rings. The van der Waals surface area contributed by atoms with Crippen molar-refractivity contribution in [3.05, 3.63) is 46.7 Å². The Morgan fingerprint density at radius 2 is 1.78 bits per heavy atom. The van der Waals surface area contributed by atoms with E-state index in [1.807, 2.05) is 6.07 Å². The molecular weight excluding hydrogens is 236 g/mol. The van der Waals surface area contributed by atoms with Crippen molar-refractivity contribution < 1.29 is 8.78 Å². The van der Waals surface area contributed by atoms with Crippen LogP contribution >= 0.6 is 0 Å². The fourth-order valence-electron chi connectivity index (χ4n) is 1.97. The van der Waals surface area contributed by atoms with E-state index in [4.69, 9.17) is 11.0 Å². The van der Waals surface area contributed by atoms with E-state index in [0.717, 1.165) is 12.1 Å². The van der Waals surface area contributed by atoms with Crippen LogP contribution in [0, 0.1) is 36.8 Å².